The fourth-order valence-corrected chi connectivity index (χ4v) is 1.95. The lowest BCUT2D eigenvalue weighted by Gasteiger charge is -2.32. The fraction of sp³-hybridized carbons (Fsp3) is 0.600. The largest absolute Gasteiger partial charge is 0.394 e. The van der Waals surface area contributed by atoms with Gasteiger partial charge in [0.05, 0.1) is 30.3 Å². The Morgan fingerprint density at radius 1 is 1.38 bits per heavy atom. The third kappa shape index (κ3) is 2.76. The summed E-state index contributed by atoms with van der Waals surface area (Å²) in [5, 5.41) is 9.43. The standard InChI is InChI=1S/C10H14BrN3O2/c11-8-5-12-10(13-6-8)9(7-15)14-1-3-16-4-2-14/h5-6,9,15H,1-4,7H2. The third-order valence-corrected chi connectivity index (χ3v) is 3.01. The van der Waals surface area contributed by atoms with Crippen LogP contribution in [0.1, 0.15) is 11.9 Å². The van der Waals surface area contributed by atoms with Crippen LogP contribution in [0.2, 0.25) is 0 Å². The molecule has 1 saturated heterocycles. The van der Waals surface area contributed by atoms with Gasteiger partial charge in [-0.05, 0) is 15.9 Å². The van der Waals surface area contributed by atoms with Crippen LogP contribution in [-0.2, 0) is 4.74 Å². The van der Waals surface area contributed by atoms with Crippen molar-refractivity contribution in [2.75, 3.05) is 32.9 Å². The second-order valence-electron chi connectivity index (χ2n) is 3.61. The predicted molar refractivity (Wildman–Crippen MR) is 62.0 cm³/mol. The molecule has 0 saturated carbocycles. The van der Waals surface area contributed by atoms with Crippen molar-refractivity contribution in [3.63, 3.8) is 0 Å². The van der Waals surface area contributed by atoms with Gasteiger partial charge in [-0.2, -0.15) is 0 Å². The van der Waals surface area contributed by atoms with Gasteiger partial charge in [0.15, 0.2) is 0 Å². The van der Waals surface area contributed by atoms with Crippen LogP contribution in [-0.4, -0.2) is 52.9 Å². The second kappa shape index (κ2) is 5.67. The molecule has 1 aliphatic heterocycles. The molecule has 0 aliphatic carbocycles. The van der Waals surface area contributed by atoms with Crippen molar-refractivity contribution in [1.82, 2.24) is 14.9 Å². The van der Waals surface area contributed by atoms with E-state index < -0.39 is 0 Å². The number of ether oxygens (including phenoxy) is 1. The highest BCUT2D eigenvalue weighted by Crippen LogP contribution is 2.18. The number of aliphatic hydroxyl groups excluding tert-OH is 1. The maximum atomic E-state index is 9.43. The van der Waals surface area contributed by atoms with Gasteiger partial charge >= 0.3 is 0 Å². The Hall–Kier alpha value is -0.560. The summed E-state index contributed by atoms with van der Waals surface area (Å²) in [6.07, 6.45) is 3.40. The Bertz CT molecular complexity index is 327. The van der Waals surface area contributed by atoms with E-state index in [1.165, 1.54) is 0 Å². The van der Waals surface area contributed by atoms with Crippen LogP contribution in [0, 0.1) is 0 Å². The molecule has 2 heterocycles. The molecule has 1 aliphatic rings. The molecule has 0 bridgehead atoms. The summed E-state index contributed by atoms with van der Waals surface area (Å²) in [5.74, 6) is 0.660. The van der Waals surface area contributed by atoms with Crippen molar-refractivity contribution in [3.8, 4) is 0 Å². The maximum Gasteiger partial charge on any atom is 0.147 e. The first-order valence-corrected chi connectivity index (χ1v) is 6.00. The summed E-state index contributed by atoms with van der Waals surface area (Å²) < 4.78 is 6.12. The van der Waals surface area contributed by atoms with E-state index in [0.29, 0.717) is 19.0 Å². The monoisotopic (exact) mass is 287 g/mol. The van der Waals surface area contributed by atoms with E-state index in [0.717, 1.165) is 17.6 Å². The van der Waals surface area contributed by atoms with Gasteiger partial charge in [0, 0.05) is 25.5 Å². The van der Waals surface area contributed by atoms with E-state index in [2.05, 4.69) is 30.8 Å². The van der Waals surface area contributed by atoms with Crippen LogP contribution < -0.4 is 0 Å². The van der Waals surface area contributed by atoms with Crippen LogP contribution in [0.5, 0.6) is 0 Å². The minimum absolute atomic E-state index is 0.0294. The molecule has 16 heavy (non-hydrogen) atoms. The number of halogens is 1. The molecule has 1 atom stereocenters. The van der Waals surface area contributed by atoms with E-state index in [4.69, 9.17) is 4.74 Å². The zero-order valence-electron chi connectivity index (χ0n) is 8.84. The van der Waals surface area contributed by atoms with Crippen LogP contribution in [0.3, 0.4) is 0 Å². The van der Waals surface area contributed by atoms with E-state index in [-0.39, 0.29) is 12.6 Å². The molecule has 0 spiro atoms. The first kappa shape index (κ1) is 11.9. The number of aliphatic hydroxyl groups is 1. The number of rotatable bonds is 3. The molecule has 1 aromatic heterocycles. The summed E-state index contributed by atoms with van der Waals surface area (Å²) in [6, 6.07) is -0.128. The molecule has 5 nitrogen and oxygen atoms in total. The van der Waals surface area contributed by atoms with Gasteiger partial charge in [0.25, 0.3) is 0 Å². The fourth-order valence-electron chi connectivity index (χ4n) is 1.74. The van der Waals surface area contributed by atoms with Gasteiger partial charge in [-0.1, -0.05) is 0 Å². The SMILES string of the molecule is OCC(c1ncc(Br)cn1)N1CCOCC1. The van der Waals surface area contributed by atoms with Crippen molar-refractivity contribution in [3.05, 3.63) is 22.7 Å². The van der Waals surface area contributed by atoms with Gasteiger partial charge in [0.1, 0.15) is 5.82 Å². The van der Waals surface area contributed by atoms with Crippen LogP contribution in [0.15, 0.2) is 16.9 Å². The summed E-state index contributed by atoms with van der Waals surface area (Å²) in [6.45, 7) is 3.05. The average Bonchev–Trinajstić information content (AvgIpc) is 2.34. The molecule has 0 amide bonds. The number of hydrogen-bond donors (Lipinski definition) is 1. The normalized spacial score (nSPS) is 19.6. The van der Waals surface area contributed by atoms with Crippen molar-refractivity contribution < 1.29 is 9.84 Å². The number of morpholine rings is 1. The van der Waals surface area contributed by atoms with Crippen molar-refractivity contribution in [1.29, 1.82) is 0 Å². The van der Waals surface area contributed by atoms with Crippen LogP contribution >= 0.6 is 15.9 Å². The van der Waals surface area contributed by atoms with Crippen LogP contribution in [0.25, 0.3) is 0 Å². The number of hydrogen-bond acceptors (Lipinski definition) is 5. The highest BCUT2D eigenvalue weighted by molar-refractivity contribution is 9.10. The molecule has 1 N–H and O–H groups in total. The van der Waals surface area contributed by atoms with Gasteiger partial charge in [-0.25, -0.2) is 9.97 Å². The van der Waals surface area contributed by atoms with Gasteiger partial charge in [0.2, 0.25) is 0 Å². The predicted octanol–water partition coefficient (Wildman–Crippen LogP) is 0.605. The van der Waals surface area contributed by atoms with Gasteiger partial charge < -0.3 is 9.84 Å². The van der Waals surface area contributed by atoms with E-state index >= 15 is 0 Å². The highest BCUT2D eigenvalue weighted by atomic mass is 79.9. The molecule has 1 fully saturated rings. The Kier molecular flexibility index (Phi) is 4.22. The van der Waals surface area contributed by atoms with E-state index in [1.807, 2.05) is 0 Å². The Morgan fingerprint density at radius 3 is 2.56 bits per heavy atom. The Balaban J connectivity index is 2.11. The minimum atomic E-state index is -0.128. The lowest BCUT2D eigenvalue weighted by molar-refractivity contribution is 0.000365. The Morgan fingerprint density at radius 2 is 2.00 bits per heavy atom. The molecule has 0 aromatic carbocycles. The lowest BCUT2D eigenvalue weighted by atomic mass is 10.2. The van der Waals surface area contributed by atoms with Gasteiger partial charge in [-0.15, -0.1) is 0 Å². The van der Waals surface area contributed by atoms with Crippen molar-refractivity contribution in [2.24, 2.45) is 0 Å². The van der Waals surface area contributed by atoms with E-state index in [9.17, 15) is 5.11 Å². The summed E-state index contributed by atoms with van der Waals surface area (Å²) in [5.41, 5.74) is 0. The third-order valence-electron chi connectivity index (χ3n) is 2.60. The molecule has 88 valence electrons. The molecular weight excluding hydrogens is 274 g/mol. The average molecular weight is 288 g/mol. The topological polar surface area (TPSA) is 58.5 Å². The molecule has 1 unspecified atom stereocenters. The number of aromatic nitrogens is 2. The minimum Gasteiger partial charge on any atom is -0.394 e. The zero-order chi connectivity index (χ0) is 11.4. The van der Waals surface area contributed by atoms with Gasteiger partial charge in [-0.3, -0.25) is 4.90 Å². The van der Waals surface area contributed by atoms with Crippen molar-refractivity contribution in [2.45, 2.75) is 6.04 Å². The molecule has 6 heteroatoms. The summed E-state index contributed by atoms with van der Waals surface area (Å²) in [4.78, 5) is 10.6. The molecule has 2 rings (SSSR count). The zero-order valence-corrected chi connectivity index (χ0v) is 10.4. The molecular formula is C10H14BrN3O2. The number of nitrogens with zero attached hydrogens (tertiary/aromatic N) is 3. The molecule has 0 radical (unpaired) electrons. The summed E-state index contributed by atoms with van der Waals surface area (Å²) in [7, 11) is 0. The highest BCUT2D eigenvalue weighted by Gasteiger charge is 2.23. The maximum absolute atomic E-state index is 9.43. The van der Waals surface area contributed by atoms with E-state index in [1.54, 1.807) is 12.4 Å². The first-order valence-electron chi connectivity index (χ1n) is 5.21. The quantitative estimate of drug-likeness (QED) is 0.883. The second-order valence-corrected chi connectivity index (χ2v) is 4.52. The summed E-state index contributed by atoms with van der Waals surface area (Å²) >= 11 is 3.29. The smallest absolute Gasteiger partial charge is 0.147 e. The first-order chi connectivity index (χ1) is 7.81. The Labute approximate surface area is 103 Å². The van der Waals surface area contributed by atoms with Crippen molar-refractivity contribution >= 4 is 15.9 Å². The lowest BCUT2D eigenvalue weighted by Crippen LogP contribution is -2.41. The molecule has 1 aromatic rings. The van der Waals surface area contributed by atoms with Crippen LogP contribution in [0.4, 0.5) is 0 Å².